The van der Waals surface area contributed by atoms with E-state index in [1.807, 2.05) is 23.6 Å². The van der Waals surface area contributed by atoms with Crippen LogP contribution in [0.15, 0.2) is 35.7 Å². The van der Waals surface area contributed by atoms with Crippen molar-refractivity contribution in [1.29, 1.82) is 0 Å². The Morgan fingerprint density at radius 2 is 1.96 bits per heavy atom. The van der Waals surface area contributed by atoms with E-state index in [0.717, 1.165) is 68.5 Å². The quantitative estimate of drug-likeness (QED) is 0.794. The van der Waals surface area contributed by atoms with E-state index in [9.17, 15) is 4.79 Å². The van der Waals surface area contributed by atoms with E-state index in [2.05, 4.69) is 21.9 Å². The number of carbonyl (C=O) groups excluding carboxylic acids is 1. The van der Waals surface area contributed by atoms with Crippen LogP contribution in [0.25, 0.3) is 10.6 Å². The van der Waals surface area contributed by atoms with Crippen molar-refractivity contribution in [3.05, 3.63) is 41.4 Å². The van der Waals surface area contributed by atoms with Gasteiger partial charge in [0, 0.05) is 43.2 Å². The largest absolute Gasteiger partial charge is 0.379 e. The van der Waals surface area contributed by atoms with Crippen molar-refractivity contribution in [1.82, 2.24) is 14.8 Å². The molecule has 0 N–H and O–H groups in total. The van der Waals surface area contributed by atoms with Crippen molar-refractivity contribution in [2.45, 2.75) is 31.7 Å². The molecule has 2 fully saturated rings. The Morgan fingerprint density at radius 3 is 2.78 bits per heavy atom. The Morgan fingerprint density at radius 1 is 1.15 bits per heavy atom. The van der Waals surface area contributed by atoms with Gasteiger partial charge in [-0.25, -0.2) is 4.98 Å². The molecule has 1 aromatic carbocycles. The second-order valence-electron chi connectivity index (χ2n) is 7.34. The van der Waals surface area contributed by atoms with Gasteiger partial charge in [0.25, 0.3) is 0 Å². The van der Waals surface area contributed by atoms with E-state index >= 15 is 0 Å². The number of rotatable bonds is 5. The zero-order valence-electron chi connectivity index (χ0n) is 15.7. The SMILES string of the molecule is O=C(Cc1csc(-c2ccccc2)n1)N1CCCCC1CN1CCOCC1. The summed E-state index contributed by atoms with van der Waals surface area (Å²) in [6.07, 6.45) is 3.84. The molecule has 1 amide bonds. The van der Waals surface area contributed by atoms with Crippen molar-refractivity contribution in [2.75, 3.05) is 39.4 Å². The lowest BCUT2D eigenvalue weighted by Gasteiger charge is -2.39. The molecule has 0 bridgehead atoms. The number of likely N-dealkylation sites (tertiary alicyclic amines) is 1. The van der Waals surface area contributed by atoms with E-state index < -0.39 is 0 Å². The second kappa shape index (κ2) is 8.95. The molecule has 0 spiro atoms. The van der Waals surface area contributed by atoms with Gasteiger partial charge >= 0.3 is 0 Å². The first kappa shape index (κ1) is 18.6. The van der Waals surface area contributed by atoms with Gasteiger partial charge in [-0.3, -0.25) is 9.69 Å². The Balaban J connectivity index is 1.39. The first-order valence-corrected chi connectivity index (χ1v) is 10.8. The Bertz CT molecular complexity index is 743. The summed E-state index contributed by atoms with van der Waals surface area (Å²) in [6.45, 7) is 5.42. The Hall–Kier alpha value is -1.76. The molecule has 0 aliphatic carbocycles. The highest BCUT2D eigenvalue weighted by Gasteiger charge is 2.29. The van der Waals surface area contributed by atoms with Gasteiger partial charge in [-0.2, -0.15) is 0 Å². The molecular weight excluding hydrogens is 358 g/mol. The molecule has 2 aliphatic rings. The number of ether oxygens (including phenoxy) is 1. The van der Waals surface area contributed by atoms with Crippen LogP contribution in [0.5, 0.6) is 0 Å². The molecule has 1 unspecified atom stereocenters. The minimum atomic E-state index is 0.220. The van der Waals surface area contributed by atoms with Crippen LogP contribution < -0.4 is 0 Å². The molecular formula is C21H27N3O2S. The lowest BCUT2D eigenvalue weighted by Crippen LogP contribution is -2.51. The molecule has 1 aromatic heterocycles. The molecule has 2 saturated heterocycles. The standard InChI is InChI=1S/C21H27N3O2S/c25-20(14-18-16-27-21(22-18)17-6-2-1-3-7-17)24-9-5-4-8-19(24)15-23-10-12-26-13-11-23/h1-3,6-7,16,19H,4-5,8-15H2. The highest BCUT2D eigenvalue weighted by molar-refractivity contribution is 7.13. The predicted octanol–water partition coefficient (Wildman–Crippen LogP) is 3.07. The van der Waals surface area contributed by atoms with E-state index in [4.69, 9.17) is 9.72 Å². The number of thiazole rings is 1. The molecule has 0 saturated carbocycles. The molecule has 6 heteroatoms. The van der Waals surface area contributed by atoms with Crippen LogP contribution in [-0.4, -0.2) is 66.1 Å². The number of hydrogen-bond acceptors (Lipinski definition) is 5. The molecule has 4 rings (SSSR count). The number of piperidine rings is 1. The molecule has 27 heavy (non-hydrogen) atoms. The van der Waals surface area contributed by atoms with Crippen molar-refractivity contribution >= 4 is 17.2 Å². The van der Waals surface area contributed by atoms with E-state index in [1.165, 1.54) is 6.42 Å². The van der Waals surface area contributed by atoms with Crippen LogP contribution in [0.1, 0.15) is 25.0 Å². The maximum Gasteiger partial charge on any atom is 0.228 e. The summed E-state index contributed by atoms with van der Waals surface area (Å²) >= 11 is 1.62. The summed E-state index contributed by atoms with van der Waals surface area (Å²) in [4.78, 5) is 22.3. The number of hydrogen-bond donors (Lipinski definition) is 0. The normalized spacial score (nSPS) is 21.3. The highest BCUT2D eigenvalue weighted by Crippen LogP contribution is 2.25. The fourth-order valence-electron chi connectivity index (χ4n) is 3.96. The van der Waals surface area contributed by atoms with Gasteiger partial charge in [0.05, 0.1) is 25.3 Å². The molecule has 1 atom stereocenters. The number of nitrogens with zero attached hydrogens (tertiary/aromatic N) is 3. The van der Waals surface area contributed by atoms with Gasteiger partial charge in [0.15, 0.2) is 0 Å². The molecule has 0 radical (unpaired) electrons. The van der Waals surface area contributed by atoms with Crippen molar-refractivity contribution in [3.8, 4) is 10.6 Å². The summed E-state index contributed by atoms with van der Waals surface area (Å²) in [6, 6.07) is 10.5. The van der Waals surface area contributed by atoms with Crippen LogP contribution in [-0.2, 0) is 16.0 Å². The third-order valence-electron chi connectivity index (χ3n) is 5.42. The van der Waals surface area contributed by atoms with Gasteiger partial charge in [-0.15, -0.1) is 11.3 Å². The topological polar surface area (TPSA) is 45.7 Å². The third-order valence-corrected chi connectivity index (χ3v) is 6.37. The average Bonchev–Trinajstić information content (AvgIpc) is 3.18. The zero-order chi connectivity index (χ0) is 18.5. The maximum atomic E-state index is 13.0. The van der Waals surface area contributed by atoms with Crippen LogP contribution >= 0.6 is 11.3 Å². The van der Waals surface area contributed by atoms with Crippen LogP contribution in [0.4, 0.5) is 0 Å². The lowest BCUT2D eigenvalue weighted by atomic mass is 10.0. The molecule has 5 nitrogen and oxygen atoms in total. The molecule has 3 heterocycles. The molecule has 144 valence electrons. The first-order chi connectivity index (χ1) is 13.3. The van der Waals surface area contributed by atoms with Crippen molar-refractivity contribution in [2.24, 2.45) is 0 Å². The van der Waals surface area contributed by atoms with Gasteiger partial charge < -0.3 is 9.64 Å². The van der Waals surface area contributed by atoms with Crippen molar-refractivity contribution in [3.63, 3.8) is 0 Å². The number of benzene rings is 1. The summed E-state index contributed by atoms with van der Waals surface area (Å²) in [5.74, 6) is 0.220. The number of morpholine rings is 1. The van der Waals surface area contributed by atoms with E-state index in [0.29, 0.717) is 12.5 Å². The highest BCUT2D eigenvalue weighted by atomic mass is 32.1. The zero-order valence-corrected chi connectivity index (χ0v) is 16.5. The minimum Gasteiger partial charge on any atom is -0.379 e. The minimum absolute atomic E-state index is 0.220. The van der Waals surface area contributed by atoms with Gasteiger partial charge in [-0.1, -0.05) is 30.3 Å². The fraction of sp³-hybridized carbons (Fsp3) is 0.524. The van der Waals surface area contributed by atoms with Crippen LogP contribution in [0.3, 0.4) is 0 Å². The lowest BCUT2D eigenvalue weighted by molar-refractivity contribution is -0.134. The third kappa shape index (κ3) is 4.75. The van der Waals surface area contributed by atoms with E-state index in [-0.39, 0.29) is 5.91 Å². The summed E-state index contributed by atoms with van der Waals surface area (Å²) in [7, 11) is 0. The average molecular weight is 386 g/mol. The number of amides is 1. The van der Waals surface area contributed by atoms with Gasteiger partial charge in [0.1, 0.15) is 5.01 Å². The second-order valence-corrected chi connectivity index (χ2v) is 8.19. The van der Waals surface area contributed by atoms with E-state index in [1.54, 1.807) is 11.3 Å². The predicted molar refractivity (Wildman–Crippen MR) is 108 cm³/mol. The summed E-state index contributed by atoms with van der Waals surface area (Å²) in [5.41, 5.74) is 2.00. The number of aromatic nitrogens is 1. The monoisotopic (exact) mass is 385 g/mol. The smallest absolute Gasteiger partial charge is 0.228 e. The van der Waals surface area contributed by atoms with Crippen molar-refractivity contribution < 1.29 is 9.53 Å². The number of carbonyl (C=O) groups is 1. The van der Waals surface area contributed by atoms with Crippen LogP contribution in [0, 0.1) is 0 Å². The maximum absolute atomic E-state index is 13.0. The summed E-state index contributed by atoms with van der Waals surface area (Å²) in [5, 5.41) is 3.02. The Kier molecular flexibility index (Phi) is 6.17. The first-order valence-electron chi connectivity index (χ1n) is 9.89. The Labute approximate surface area is 165 Å². The molecule has 2 aliphatic heterocycles. The molecule has 2 aromatic rings. The van der Waals surface area contributed by atoms with Crippen LogP contribution in [0.2, 0.25) is 0 Å². The van der Waals surface area contributed by atoms with Gasteiger partial charge in [0.2, 0.25) is 5.91 Å². The fourth-order valence-corrected chi connectivity index (χ4v) is 4.78. The summed E-state index contributed by atoms with van der Waals surface area (Å²) < 4.78 is 5.45. The van der Waals surface area contributed by atoms with Gasteiger partial charge in [-0.05, 0) is 19.3 Å².